The van der Waals surface area contributed by atoms with Crippen molar-refractivity contribution in [3.8, 4) is 5.69 Å². The van der Waals surface area contributed by atoms with E-state index < -0.39 is 5.60 Å². The van der Waals surface area contributed by atoms with Crippen molar-refractivity contribution < 1.29 is 14.3 Å². The van der Waals surface area contributed by atoms with Gasteiger partial charge in [-0.25, -0.2) is 14.1 Å². The Bertz CT molecular complexity index is 1560. The van der Waals surface area contributed by atoms with E-state index in [0.29, 0.717) is 48.7 Å². The zero-order valence-electron chi connectivity index (χ0n) is 22.4. The summed E-state index contributed by atoms with van der Waals surface area (Å²) >= 11 is 0. The van der Waals surface area contributed by atoms with Crippen LogP contribution in [-0.2, 0) is 18.4 Å². The van der Waals surface area contributed by atoms with Crippen molar-refractivity contribution in [3.05, 3.63) is 65.2 Å². The number of rotatable bonds is 6. The van der Waals surface area contributed by atoms with Gasteiger partial charge < -0.3 is 15.3 Å². The molecule has 210 valence electrons. The number of halogens is 1. The van der Waals surface area contributed by atoms with Crippen molar-refractivity contribution >= 4 is 22.8 Å². The third kappa shape index (κ3) is 5.10. The summed E-state index contributed by atoms with van der Waals surface area (Å²) in [4.78, 5) is 32.7. The number of hydrogen-bond donors (Lipinski definition) is 2. The lowest BCUT2D eigenvalue weighted by atomic mass is 9.84. The molecule has 12 heteroatoms. The van der Waals surface area contributed by atoms with Crippen molar-refractivity contribution in [3.63, 3.8) is 0 Å². The first-order valence-corrected chi connectivity index (χ1v) is 13.7. The molecule has 4 aromatic rings. The van der Waals surface area contributed by atoms with Gasteiger partial charge >= 0.3 is 0 Å². The molecule has 3 aromatic heterocycles. The fourth-order valence-electron chi connectivity index (χ4n) is 5.92. The van der Waals surface area contributed by atoms with E-state index in [1.165, 1.54) is 33.9 Å². The Labute approximate surface area is 230 Å². The topological polar surface area (TPSA) is 123 Å². The highest BCUT2D eigenvalue weighted by Gasteiger charge is 2.37. The number of aryl methyl sites for hydroxylation is 1. The van der Waals surface area contributed by atoms with Crippen LogP contribution in [0.5, 0.6) is 0 Å². The van der Waals surface area contributed by atoms with Crippen molar-refractivity contribution in [1.29, 1.82) is 0 Å². The summed E-state index contributed by atoms with van der Waals surface area (Å²) in [6.07, 6.45) is 8.92. The van der Waals surface area contributed by atoms with Crippen LogP contribution in [-0.4, -0.2) is 69.8 Å². The lowest BCUT2D eigenvalue weighted by molar-refractivity contribution is -0.141. The fourth-order valence-corrected chi connectivity index (χ4v) is 5.92. The first-order valence-electron chi connectivity index (χ1n) is 13.7. The zero-order chi connectivity index (χ0) is 27.9. The molecule has 0 atom stereocenters. The second-order valence-corrected chi connectivity index (χ2v) is 11.0. The molecule has 1 saturated heterocycles. The summed E-state index contributed by atoms with van der Waals surface area (Å²) in [5.74, 6) is 0.787. The lowest BCUT2D eigenvalue weighted by Gasteiger charge is -2.40. The van der Waals surface area contributed by atoms with Gasteiger partial charge in [-0.1, -0.05) is 0 Å². The highest BCUT2D eigenvalue weighted by Crippen LogP contribution is 2.31. The van der Waals surface area contributed by atoms with Crippen molar-refractivity contribution in [2.24, 2.45) is 13.0 Å². The molecule has 0 bridgehead atoms. The Morgan fingerprint density at radius 3 is 2.50 bits per heavy atom. The van der Waals surface area contributed by atoms with E-state index in [1.54, 1.807) is 18.3 Å². The standard InChI is InChI=1S/C28H33FN8O3/c1-34-24(10-13-31-34)33-21-6-2-19(3-7-21)26(38)35-14-11-28(40,12-15-35)17-36-18-30-25-23(27(36)39)16-32-37(25)22-8-4-20(29)5-9-22/h4-5,8-10,13,16,18-19,21,33,40H,2-3,6-7,11-12,14-15,17H2,1H3. The van der Waals surface area contributed by atoms with E-state index in [9.17, 15) is 19.1 Å². The number of anilines is 1. The molecule has 1 saturated carbocycles. The van der Waals surface area contributed by atoms with Crippen LogP contribution < -0.4 is 10.9 Å². The van der Waals surface area contributed by atoms with E-state index >= 15 is 0 Å². The number of fused-ring (bicyclic) bond motifs is 1. The molecule has 6 rings (SSSR count). The van der Waals surface area contributed by atoms with Crippen LogP contribution in [0, 0.1) is 11.7 Å². The molecule has 11 nitrogen and oxygen atoms in total. The Morgan fingerprint density at radius 2 is 1.82 bits per heavy atom. The van der Waals surface area contributed by atoms with Crippen LogP contribution in [0.25, 0.3) is 16.7 Å². The number of aromatic nitrogens is 6. The van der Waals surface area contributed by atoms with E-state index in [2.05, 4.69) is 20.5 Å². The first kappa shape index (κ1) is 26.2. The van der Waals surface area contributed by atoms with Crippen molar-refractivity contribution in [2.75, 3.05) is 18.4 Å². The number of carbonyl (C=O) groups is 1. The summed E-state index contributed by atoms with van der Waals surface area (Å²) in [6.45, 7) is 0.994. The quantitative estimate of drug-likeness (QED) is 0.380. The van der Waals surface area contributed by atoms with Gasteiger partial charge in [0.15, 0.2) is 5.65 Å². The second-order valence-electron chi connectivity index (χ2n) is 11.0. The van der Waals surface area contributed by atoms with Gasteiger partial charge in [-0.3, -0.25) is 18.8 Å². The summed E-state index contributed by atoms with van der Waals surface area (Å²) in [7, 11) is 1.91. The van der Waals surface area contributed by atoms with Gasteiger partial charge in [0, 0.05) is 38.2 Å². The molecule has 1 aliphatic carbocycles. The molecular formula is C28H33FN8O3. The van der Waals surface area contributed by atoms with Crippen LogP contribution in [0.3, 0.4) is 0 Å². The minimum absolute atomic E-state index is 0.00245. The summed E-state index contributed by atoms with van der Waals surface area (Å²) < 4.78 is 18.0. The first-order chi connectivity index (χ1) is 19.3. The Kier molecular flexibility index (Phi) is 6.87. The Morgan fingerprint density at radius 1 is 1.10 bits per heavy atom. The van der Waals surface area contributed by atoms with Crippen LogP contribution in [0.15, 0.2) is 53.8 Å². The third-order valence-electron chi connectivity index (χ3n) is 8.35. The Balaban J connectivity index is 1.05. The summed E-state index contributed by atoms with van der Waals surface area (Å²) in [5.41, 5.74) is -0.463. The fraction of sp³-hybridized carbons (Fsp3) is 0.464. The molecular weight excluding hydrogens is 515 g/mol. The maximum absolute atomic E-state index is 13.3. The highest BCUT2D eigenvalue weighted by atomic mass is 19.1. The summed E-state index contributed by atoms with van der Waals surface area (Å²) in [6, 6.07) is 8.06. The van der Waals surface area contributed by atoms with Gasteiger partial charge in [0.1, 0.15) is 23.3 Å². The van der Waals surface area contributed by atoms with Crippen molar-refractivity contribution in [2.45, 2.75) is 56.7 Å². The minimum Gasteiger partial charge on any atom is -0.388 e. The third-order valence-corrected chi connectivity index (χ3v) is 8.35. The average molecular weight is 549 g/mol. The molecule has 2 aliphatic rings. The maximum Gasteiger partial charge on any atom is 0.264 e. The van der Waals surface area contributed by atoms with Gasteiger partial charge in [-0.05, 0) is 62.8 Å². The zero-order valence-corrected chi connectivity index (χ0v) is 22.4. The maximum atomic E-state index is 13.3. The van der Waals surface area contributed by atoms with E-state index in [0.717, 1.165) is 31.5 Å². The number of aliphatic hydroxyl groups is 1. The monoisotopic (exact) mass is 548 g/mol. The molecule has 0 spiro atoms. The minimum atomic E-state index is -1.12. The predicted octanol–water partition coefficient (Wildman–Crippen LogP) is 2.48. The van der Waals surface area contributed by atoms with Crippen molar-refractivity contribution in [1.82, 2.24) is 34.0 Å². The number of carbonyl (C=O) groups excluding carboxylic acids is 1. The highest BCUT2D eigenvalue weighted by molar-refractivity contribution is 5.79. The smallest absolute Gasteiger partial charge is 0.264 e. The van der Waals surface area contributed by atoms with Gasteiger partial charge in [0.05, 0.1) is 30.2 Å². The molecule has 40 heavy (non-hydrogen) atoms. The predicted molar refractivity (Wildman–Crippen MR) is 146 cm³/mol. The molecule has 1 aromatic carbocycles. The number of piperidine rings is 1. The largest absolute Gasteiger partial charge is 0.388 e. The number of nitrogens with one attached hydrogen (secondary N) is 1. The van der Waals surface area contributed by atoms with Crippen LogP contribution >= 0.6 is 0 Å². The number of nitrogens with zero attached hydrogens (tertiary/aromatic N) is 7. The molecule has 1 amide bonds. The number of amides is 1. The lowest BCUT2D eigenvalue weighted by Crippen LogP contribution is -2.51. The van der Waals surface area contributed by atoms with Crippen LogP contribution in [0.2, 0.25) is 0 Å². The Hall–Kier alpha value is -4.06. The van der Waals surface area contributed by atoms with E-state index in [-0.39, 0.29) is 29.7 Å². The molecule has 4 heterocycles. The molecule has 0 radical (unpaired) electrons. The van der Waals surface area contributed by atoms with Gasteiger partial charge in [0.25, 0.3) is 5.56 Å². The van der Waals surface area contributed by atoms with E-state index in [1.807, 2.05) is 22.7 Å². The summed E-state index contributed by atoms with van der Waals surface area (Å²) in [5, 5.41) is 23.6. The number of likely N-dealkylation sites (tertiary alicyclic amines) is 1. The molecule has 2 N–H and O–H groups in total. The van der Waals surface area contributed by atoms with Gasteiger partial charge in [-0.2, -0.15) is 10.2 Å². The number of benzene rings is 1. The molecule has 2 fully saturated rings. The molecule has 1 aliphatic heterocycles. The van der Waals surface area contributed by atoms with Crippen LogP contribution in [0.1, 0.15) is 38.5 Å². The van der Waals surface area contributed by atoms with E-state index in [4.69, 9.17) is 0 Å². The second kappa shape index (κ2) is 10.5. The van der Waals surface area contributed by atoms with Gasteiger partial charge in [0.2, 0.25) is 5.91 Å². The number of hydrogen-bond acceptors (Lipinski definition) is 7. The van der Waals surface area contributed by atoms with Crippen LogP contribution in [0.4, 0.5) is 10.2 Å². The average Bonchev–Trinajstić information content (AvgIpc) is 3.57. The molecule has 0 unspecified atom stereocenters. The normalized spacial score (nSPS) is 21.0. The van der Waals surface area contributed by atoms with Gasteiger partial charge in [-0.15, -0.1) is 0 Å². The SMILES string of the molecule is Cn1nccc1NC1CCC(C(=O)N2CCC(O)(Cn3cnc4c(cnn4-c4ccc(F)cc4)c3=O)CC2)CC1.